The van der Waals surface area contributed by atoms with Crippen LogP contribution in [0.15, 0.2) is 29.3 Å². The summed E-state index contributed by atoms with van der Waals surface area (Å²) in [5.74, 6) is 2.37. The van der Waals surface area contributed by atoms with Gasteiger partial charge in [0.25, 0.3) is 0 Å². The van der Waals surface area contributed by atoms with E-state index in [4.69, 9.17) is 9.73 Å². The number of benzene rings is 1. The Balaban J connectivity index is 0.00000544. The molecule has 0 saturated carbocycles. The standard InChI is InChI=1S/C25H43N5O2.HI/c1-7-27-24(29-21-12-14-30(15-13-21)16-23(31)26-6)28-18-25(4,5)20-8-10-22(11-9-20)32-17-19(2)3;/h8-11,19,21H,7,12-18H2,1-6H3,(H,26,31)(H2,27,28,29);1H. The Morgan fingerprint density at radius 1 is 1.21 bits per heavy atom. The summed E-state index contributed by atoms with van der Waals surface area (Å²) in [4.78, 5) is 18.7. The van der Waals surface area contributed by atoms with Crippen molar-refractivity contribution in [1.29, 1.82) is 0 Å². The molecule has 0 bridgehead atoms. The van der Waals surface area contributed by atoms with E-state index in [1.807, 2.05) is 0 Å². The lowest BCUT2D eigenvalue weighted by molar-refractivity contribution is -0.122. The molecule has 1 aromatic carbocycles. The van der Waals surface area contributed by atoms with Crippen molar-refractivity contribution in [2.75, 3.05) is 46.4 Å². The molecule has 1 aliphatic heterocycles. The predicted molar refractivity (Wildman–Crippen MR) is 148 cm³/mol. The lowest BCUT2D eigenvalue weighted by Gasteiger charge is -2.32. The van der Waals surface area contributed by atoms with Gasteiger partial charge in [-0.1, -0.05) is 39.8 Å². The fourth-order valence-corrected chi connectivity index (χ4v) is 3.66. The number of hydrogen-bond donors (Lipinski definition) is 3. The van der Waals surface area contributed by atoms with E-state index in [9.17, 15) is 4.79 Å². The van der Waals surface area contributed by atoms with E-state index in [1.54, 1.807) is 7.05 Å². The second kappa shape index (κ2) is 14.7. The molecule has 3 N–H and O–H groups in total. The molecule has 0 aromatic heterocycles. The Kier molecular flexibility index (Phi) is 13.1. The smallest absolute Gasteiger partial charge is 0.233 e. The minimum absolute atomic E-state index is 0. The fourth-order valence-electron chi connectivity index (χ4n) is 3.66. The van der Waals surface area contributed by atoms with Crippen molar-refractivity contribution in [2.24, 2.45) is 10.9 Å². The number of nitrogens with zero attached hydrogens (tertiary/aromatic N) is 2. The van der Waals surface area contributed by atoms with E-state index in [0.29, 0.717) is 25.0 Å². The normalized spacial score (nSPS) is 15.7. The van der Waals surface area contributed by atoms with Crippen LogP contribution in [-0.4, -0.2) is 69.2 Å². The number of ether oxygens (including phenoxy) is 1. The Morgan fingerprint density at radius 2 is 1.85 bits per heavy atom. The molecule has 1 amide bonds. The van der Waals surface area contributed by atoms with Crippen LogP contribution in [0.3, 0.4) is 0 Å². The van der Waals surface area contributed by atoms with Crippen molar-refractivity contribution in [1.82, 2.24) is 20.9 Å². The van der Waals surface area contributed by atoms with Gasteiger partial charge < -0.3 is 20.7 Å². The topological polar surface area (TPSA) is 78.0 Å². The summed E-state index contributed by atoms with van der Waals surface area (Å²) in [6.45, 7) is 15.4. The van der Waals surface area contributed by atoms with Crippen LogP contribution >= 0.6 is 24.0 Å². The number of carbonyl (C=O) groups is 1. The van der Waals surface area contributed by atoms with Gasteiger partial charge in [0.1, 0.15) is 5.75 Å². The van der Waals surface area contributed by atoms with E-state index in [1.165, 1.54) is 5.56 Å². The van der Waals surface area contributed by atoms with Crippen LogP contribution in [0.25, 0.3) is 0 Å². The number of rotatable bonds is 10. The number of halogens is 1. The highest BCUT2D eigenvalue weighted by molar-refractivity contribution is 14.0. The van der Waals surface area contributed by atoms with Crippen LogP contribution in [0.5, 0.6) is 5.75 Å². The summed E-state index contributed by atoms with van der Waals surface area (Å²) in [6, 6.07) is 8.77. The van der Waals surface area contributed by atoms with Gasteiger partial charge >= 0.3 is 0 Å². The Labute approximate surface area is 217 Å². The van der Waals surface area contributed by atoms with Crippen LogP contribution in [0.4, 0.5) is 0 Å². The van der Waals surface area contributed by atoms with E-state index >= 15 is 0 Å². The fraction of sp³-hybridized carbons (Fsp3) is 0.680. The second-order valence-corrected chi connectivity index (χ2v) is 9.68. The van der Waals surface area contributed by atoms with E-state index in [2.05, 4.69) is 79.7 Å². The van der Waals surface area contributed by atoms with Crippen LogP contribution in [0, 0.1) is 5.92 Å². The molecule has 0 unspecified atom stereocenters. The van der Waals surface area contributed by atoms with E-state index in [0.717, 1.165) is 50.8 Å². The maximum Gasteiger partial charge on any atom is 0.233 e. The molecule has 0 spiro atoms. The van der Waals surface area contributed by atoms with Gasteiger partial charge in [0, 0.05) is 38.1 Å². The van der Waals surface area contributed by atoms with Crippen molar-refractivity contribution in [3.8, 4) is 5.75 Å². The average molecular weight is 574 g/mol. The van der Waals surface area contributed by atoms with Crippen LogP contribution in [0.1, 0.15) is 53.0 Å². The SMILES string of the molecule is CCNC(=NCC(C)(C)c1ccc(OCC(C)C)cc1)NC1CCN(CC(=O)NC)CC1.I. The average Bonchev–Trinajstić information content (AvgIpc) is 2.77. The van der Waals surface area contributed by atoms with Crippen molar-refractivity contribution in [2.45, 2.75) is 58.9 Å². The van der Waals surface area contributed by atoms with Gasteiger partial charge in [-0.05, 0) is 43.4 Å². The van der Waals surface area contributed by atoms with Crippen molar-refractivity contribution in [3.63, 3.8) is 0 Å². The first-order chi connectivity index (χ1) is 15.2. The summed E-state index contributed by atoms with van der Waals surface area (Å²) in [5, 5.41) is 9.68. The summed E-state index contributed by atoms with van der Waals surface area (Å²) < 4.78 is 5.81. The molecule has 1 heterocycles. The van der Waals surface area contributed by atoms with Crippen molar-refractivity contribution >= 4 is 35.8 Å². The van der Waals surface area contributed by atoms with Crippen LogP contribution < -0.4 is 20.7 Å². The molecule has 1 aromatic rings. The largest absolute Gasteiger partial charge is 0.493 e. The van der Waals surface area contributed by atoms with Crippen LogP contribution in [0.2, 0.25) is 0 Å². The molecular weight excluding hydrogens is 529 g/mol. The Hall–Kier alpha value is -1.55. The van der Waals surface area contributed by atoms with Crippen molar-refractivity contribution < 1.29 is 9.53 Å². The highest BCUT2D eigenvalue weighted by Crippen LogP contribution is 2.26. The zero-order valence-corrected chi connectivity index (χ0v) is 23.6. The van der Waals surface area contributed by atoms with Gasteiger partial charge in [0.05, 0.1) is 19.7 Å². The Morgan fingerprint density at radius 3 is 2.39 bits per heavy atom. The molecule has 0 atom stereocenters. The lowest BCUT2D eigenvalue weighted by atomic mass is 9.85. The number of carbonyl (C=O) groups excluding carboxylic acids is 1. The first-order valence-electron chi connectivity index (χ1n) is 11.9. The third-order valence-corrected chi connectivity index (χ3v) is 5.77. The van der Waals surface area contributed by atoms with Crippen molar-refractivity contribution in [3.05, 3.63) is 29.8 Å². The minimum atomic E-state index is -0.0875. The number of likely N-dealkylation sites (N-methyl/N-ethyl adjacent to an activating group) is 1. The monoisotopic (exact) mass is 573 g/mol. The molecule has 1 aliphatic rings. The van der Waals surface area contributed by atoms with Gasteiger partial charge in [0.15, 0.2) is 5.96 Å². The van der Waals surface area contributed by atoms with Gasteiger partial charge in [-0.25, -0.2) is 0 Å². The third kappa shape index (κ3) is 10.5. The molecule has 0 aliphatic carbocycles. The molecule has 8 heteroatoms. The molecule has 33 heavy (non-hydrogen) atoms. The molecule has 0 radical (unpaired) electrons. The van der Waals surface area contributed by atoms with E-state index in [-0.39, 0.29) is 35.3 Å². The van der Waals surface area contributed by atoms with Gasteiger partial charge in [0.2, 0.25) is 5.91 Å². The zero-order chi connectivity index (χ0) is 23.6. The maximum absolute atomic E-state index is 11.6. The first kappa shape index (κ1) is 29.5. The number of likely N-dealkylation sites (tertiary alicyclic amines) is 1. The molecule has 7 nitrogen and oxygen atoms in total. The van der Waals surface area contributed by atoms with Gasteiger partial charge in [-0.2, -0.15) is 0 Å². The van der Waals surface area contributed by atoms with E-state index < -0.39 is 0 Å². The molecule has 1 saturated heterocycles. The predicted octanol–water partition coefficient (Wildman–Crippen LogP) is 3.38. The summed E-state index contributed by atoms with van der Waals surface area (Å²) in [6.07, 6.45) is 2.01. The highest BCUT2D eigenvalue weighted by atomic mass is 127. The molecular formula is C25H44IN5O2. The Bertz CT molecular complexity index is 729. The molecule has 188 valence electrons. The number of hydrogen-bond acceptors (Lipinski definition) is 4. The number of piperidine rings is 1. The minimum Gasteiger partial charge on any atom is -0.493 e. The van der Waals surface area contributed by atoms with Gasteiger partial charge in [-0.15, -0.1) is 24.0 Å². The molecule has 2 rings (SSSR count). The molecule has 1 fully saturated rings. The highest BCUT2D eigenvalue weighted by Gasteiger charge is 2.23. The summed E-state index contributed by atoms with van der Waals surface area (Å²) in [5.41, 5.74) is 1.16. The second-order valence-electron chi connectivity index (χ2n) is 9.68. The van der Waals surface area contributed by atoms with Gasteiger partial charge in [-0.3, -0.25) is 14.7 Å². The number of nitrogens with one attached hydrogen (secondary N) is 3. The summed E-state index contributed by atoms with van der Waals surface area (Å²) >= 11 is 0. The zero-order valence-electron chi connectivity index (χ0n) is 21.2. The van der Waals surface area contributed by atoms with Crippen LogP contribution in [-0.2, 0) is 10.2 Å². The first-order valence-corrected chi connectivity index (χ1v) is 11.9. The maximum atomic E-state index is 11.6. The number of guanidine groups is 1. The number of aliphatic imine (C=N–C) groups is 1. The summed E-state index contributed by atoms with van der Waals surface area (Å²) in [7, 11) is 1.69. The number of amides is 1. The third-order valence-electron chi connectivity index (χ3n) is 5.77. The lowest BCUT2D eigenvalue weighted by Crippen LogP contribution is -2.50. The quantitative estimate of drug-likeness (QED) is 0.227.